The molecule has 0 spiro atoms. The first kappa shape index (κ1) is 19.0. The number of benzene rings is 1. The van der Waals surface area contributed by atoms with E-state index in [1.165, 1.54) is 38.5 Å². The summed E-state index contributed by atoms with van der Waals surface area (Å²) in [6.07, 6.45) is 11.6. The molecule has 28 heavy (non-hydrogen) atoms. The van der Waals surface area contributed by atoms with Gasteiger partial charge in [-0.1, -0.05) is 50.8 Å². The van der Waals surface area contributed by atoms with Crippen LogP contribution in [0.25, 0.3) is 0 Å². The molecule has 1 N–H and O–H groups in total. The van der Waals surface area contributed by atoms with Crippen molar-refractivity contribution in [3.05, 3.63) is 48.2 Å². The van der Waals surface area contributed by atoms with E-state index in [2.05, 4.69) is 23.3 Å². The van der Waals surface area contributed by atoms with Gasteiger partial charge in [-0.25, -0.2) is 4.98 Å². The van der Waals surface area contributed by atoms with Crippen LogP contribution in [0, 0.1) is 11.8 Å². The number of rotatable bonds is 5. The number of hydrogen-bond acceptors (Lipinski definition) is 3. The average Bonchev–Trinajstić information content (AvgIpc) is 2.90. The number of aromatic nitrogens is 1. The second-order valence-electron chi connectivity index (χ2n) is 8.29. The third-order valence-corrected chi connectivity index (χ3v) is 6.35. The fraction of sp³-hybridized carbons (Fsp3) is 0.500. The maximum absolute atomic E-state index is 13.5. The fourth-order valence-corrected chi connectivity index (χ4v) is 4.67. The molecule has 1 amide bonds. The van der Waals surface area contributed by atoms with Crippen molar-refractivity contribution in [2.24, 2.45) is 11.8 Å². The minimum Gasteiger partial charge on any atom is -0.338 e. The highest BCUT2D eigenvalue weighted by atomic mass is 16.2. The molecule has 0 saturated heterocycles. The summed E-state index contributed by atoms with van der Waals surface area (Å²) in [4.78, 5) is 20.0. The molecule has 0 atom stereocenters. The van der Waals surface area contributed by atoms with Crippen LogP contribution in [0.15, 0.2) is 42.6 Å². The number of pyridine rings is 1. The molecule has 4 nitrogen and oxygen atoms in total. The Morgan fingerprint density at radius 3 is 2.75 bits per heavy atom. The first-order chi connectivity index (χ1) is 13.8. The van der Waals surface area contributed by atoms with Crippen LogP contribution in [0.1, 0.15) is 63.9 Å². The molecule has 2 heterocycles. The van der Waals surface area contributed by atoms with Crippen molar-refractivity contribution in [1.29, 1.82) is 0 Å². The maximum Gasteiger partial charge on any atom is 0.230 e. The molecule has 4 heteroatoms. The average molecular weight is 378 g/mol. The normalized spacial score (nSPS) is 21.2. The van der Waals surface area contributed by atoms with Crippen LogP contribution in [0.3, 0.4) is 0 Å². The van der Waals surface area contributed by atoms with E-state index in [-0.39, 0.29) is 11.8 Å². The van der Waals surface area contributed by atoms with E-state index in [9.17, 15) is 4.79 Å². The number of carbonyl (C=O) groups excluding carboxylic acids is 1. The summed E-state index contributed by atoms with van der Waals surface area (Å²) < 4.78 is 0. The number of carbonyl (C=O) groups is 1. The Labute approximate surface area is 168 Å². The molecule has 1 fully saturated rings. The third-order valence-electron chi connectivity index (χ3n) is 6.35. The highest BCUT2D eigenvalue weighted by Crippen LogP contribution is 2.38. The minimum absolute atomic E-state index is 0.147. The second kappa shape index (κ2) is 8.76. The van der Waals surface area contributed by atoms with Crippen molar-refractivity contribution < 1.29 is 4.79 Å². The molecule has 1 aromatic heterocycles. The highest BCUT2D eigenvalue weighted by molar-refractivity contribution is 5.99. The smallest absolute Gasteiger partial charge is 0.230 e. The van der Waals surface area contributed by atoms with Crippen molar-refractivity contribution in [3.8, 4) is 0 Å². The number of hydrogen-bond donors (Lipinski definition) is 1. The summed E-state index contributed by atoms with van der Waals surface area (Å²) in [5.41, 5.74) is 3.00. The van der Waals surface area contributed by atoms with Crippen LogP contribution in [0.2, 0.25) is 0 Å². The predicted octanol–water partition coefficient (Wildman–Crippen LogP) is 6.06. The van der Waals surface area contributed by atoms with Gasteiger partial charge in [0.15, 0.2) is 0 Å². The van der Waals surface area contributed by atoms with Crippen LogP contribution in [0.5, 0.6) is 0 Å². The molecule has 4 rings (SSSR count). The summed E-state index contributed by atoms with van der Waals surface area (Å²) in [6.45, 7) is 2.85. The molecule has 2 aromatic rings. The molecule has 148 valence electrons. The number of anilines is 3. The van der Waals surface area contributed by atoms with Gasteiger partial charge >= 0.3 is 0 Å². The summed E-state index contributed by atoms with van der Waals surface area (Å²) >= 11 is 0. The number of fused-ring (bicyclic) bond motifs is 2. The Morgan fingerprint density at radius 2 is 1.93 bits per heavy atom. The van der Waals surface area contributed by atoms with Gasteiger partial charge in [-0.2, -0.15) is 0 Å². The Kier molecular flexibility index (Phi) is 5.94. The van der Waals surface area contributed by atoms with Gasteiger partial charge in [0.25, 0.3) is 0 Å². The zero-order valence-electron chi connectivity index (χ0n) is 16.9. The lowest BCUT2D eigenvalue weighted by Gasteiger charge is -2.32. The van der Waals surface area contributed by atoms with Gasteiger partial charge in [0.05, 0.1) is 17.9 Å². The van der Waals surface area contributed by atoms with E-state index < -0.39 is 0 Å². The van der Waals surface area contributed by atoms with Gasteiger partial charge in [0.1, 0.15) is 5.82 Å². The summed E-state index contributed by atoms with van der Waals surface area (Å²) in [7, 11) is 0. The molecule has 0 bridgehead atoms. The summed E-state index contributed by atoms with van der Waals surface area (Å²) in [5.74, 6) is 2.09. The van der Waals surface area contributed by atoms with Crippen LogP contribution >= 0.6 is 0 Å². The lowest BCUT2D eigenvalue weighted by Crippen LogP contribution is -2.37. The molecule has 1 aliphatic carbocycles. The quantitative estimate of drug-likeness (QED) is 0.644. The zero-order chi connectivity index (χ0) is 19.3. The number of para-hydroxylation sites is 2. The fourth-order valence-electron chi connectivity index (χ4n) is 4.67. The molecule has 1 aliphatic heterocycles. The van der Waals surface area contributed by atoms with E-state index >= 15 is 0 Å². The van der Waals surface area contributed by atoms with E-state index in [4.69, 9.17) is 0 Å². The van der Waals surface area contributed by atoms with Crippen LogP contribution < -0.4 is 10.2 Å². The Bertz CT molecular complexity index is 811. The van der Waals surface area contributed by atoms with Crippen molar-refractivity contribution >= 4 is 23.1 Å². The van der Waals surface area contributed by atoms with Crippen LogP contribution in [-0.4, -0.2) is 10.9 Å². The Balaban J connectivity index is 1.49. The first-order valence-electron chi connectivity index (χ1n) is 10.9. The van der Waals surface area contributed by atoms with Crippen molar-refractivity contribution in [3.63, 3.8) is 0 Å². The monoisotopic (exact) mass is 377 g/mol. The molecule has 2 aliphatic rings. The SMILES string of the molecule is CCCCC[C@H]1CC[C@H](C(=O)N2Cc3cccnc3Nc3ccccc32)CC1. The minimum atomic E-state index is 0.147. The van der Waals surface area contributed by atoms with Crippen molar-refractivity contribution in [1.82, 2.24) is 4.98 Å². The number of unbranched alkanes of at least 4 members (excludes halogenated alkanes) is 2. The topological polar surface area (TPSA) is 45.2 Å². The van der Waals surface area contributed by atoms with E-state index in [0.717, 1.165) is 41.5 Å². The van der Waals surface area contributed by atoms with Crippen LogP contribution in [-0.2, 0) is 11.3 Å². The standard InChI is InChI=1S/C24H31N3O/c1-2-3-4-8-18-12-14-19(15-13-18)24(28)27-17-20-9-7-16-25-23(20)26-21-10-5-6-11-22(21)27/h5-7,9-11,16,18-19H,2-4,8,12-15,17H2,1H3,(H,25,26)/t18-,19-. The third kappa shape index (κ3) is 4.06. The lowest BCUT2D eigenvalue weighted by molar-refractivity contribution is -0.123. The molecular weight excluding hydrogens is 346 g/mol. The second-order valence-corrected chi connectivity index (χ2v) is 8.29. The van der Waals surface area contributed by atoms with Crippen molar-refractivity contribution in [2.45, 2.75) is 64.8 Å². The van der Waals surface area contributed by atoms with Gasteiger partial charge in [-0.3, -0.25) is 4.79 Å². The molecule has 1 saturated carbocycles. The Morgan fingerprint density at radius 1 is 1.11 bits per heavy atom. The number of amides is 1. The molecular formula is C24H31N3O. The van der Waals surface area contributed by atoms with Crippen molar-refractivity contribution in [2.75, 3.05) is 10.2 Å². The zero-order valence-corrected chi connectivity index (χ0v) is 16.9. The summed E-state index contributed by atoms with van der Waals surface area (Å²) in [6, 6.07) is 12.1. The van der Waals surface area contributed by atoms with Gasteiger partial charge < -0.3 is 10.2 Å². The Hall–Kier alpha value is -2.36. The van der Waals surface area contributed by atoms with Gasteiger partial charge in [0.2, 0.25) is 5.91 Å². The number of nitrogens with zero attached hydrogens (tertiary/aromatic N) is 2. The van der Waals surface area contributed by atoms with Gasteiger partial charge in [-0.15, -0.1) is 0 Å². The molecule has 0 unspecified atom stereocenters. The maximum atomic E-state index is 13.5. The van der Waals surface area contributed by atoms with Crippen LogP contribution in [0.4, 0.5) is 17.2 Å². The van der Waals surface area contributed by atoms with E-state index in [1.54, 1.807) is 6.20 Å². The predicted molar refractivity (Wildman–Crippen MR) is 115 cm³/mol. The number of nitrogens with one attached hydrogen (secondary N) is 1. The molecule has 0 radical (unpaired) electrons. The summed E-state index contributed by atoms with van der Waals surface area (Å²) in [5, 5.41) is 3.42. The highest BCUT2D eigenvalue weighted by Gasteiger charge is 2.32. The molecule has 1 aromatic carbocycles. The van der Waals surface area contributed by atoms with Gasteiger partial charge in [-0.05, 0) is 49.8 Å². The first-order valence-corrected chi connectivity index (χ1v) is 10.9. The van der Waals surface area contributed by atoms with E-state index in [0.29, 0.717) is 6.54 Å². The largest absolute Gasteiger partial charge is 0.338 e. The lowest BCUT2D eigenvalue weighted by atomic mass is 9.79. The van der Waals surface area contributed by atoms with Gasteiger partial charge in [0, 0.05) is 17.7 Å². The van der Waals surface area contributed by atoms with E-state index in [1.807, 2.05) is 35.2 Å².